The number of aryl methyl sites for hydroxylation is 2. The second-order valence-electron chi connectivity index (χ2n) is 8.11. The second-order valence-corrected chi connectivity index (χ2v) is 8.11. The van der Waals surface area contributed by atoms with Gasteiger partial charge in [-0.15, -0.1) is 0 Å². The van der Waals surface area contributed by atoms with Gasteiger partial charge in [0.05, 0.1) is 0 Å². The number of hydrogen-bond acceptors (Lipinski definition) is 4. The lowest BCUT2D eigenvalue weighted by molar-refractivity contribution is -0.131. The molecule has 0 atom stereocenters. The molecule has 2 rings (SSSR count). The molecule has 0 aliphatic heterocycles. The third-order valence-corrected chi connectivity index (χ3v) is 4.81. The minimum Gasteiger partial charge on any atom is -0.508 e. The van der Waals surface area contributed by atoms with Crippen molar-refractivity contribution in [1.29, 1.82) is 0 Å². The predicted molar refractivity (Wildman–Crippen MR) is 121 cm³/mol. The van der Waals surface area contributed by atoms with Crippen molar-refractivity contribution in [2.75, 3.05) is 0 Å². The Morgan fingerprint density at radius 3 is 2.17 bits per heavy atom. The molecule has 0 spiro atoms. The van der Waals surface area contributed by atoms with Crippen LogP contribution in [-0.2, 0) is 30.5 Å². The lowest BCUT2D eigenvalue weighted by Gasteiger charge is -2.15. The zero-order valence-corrected chi connectivity index (χ0v) is 18.6. The molecule has 2 aromatic rings. The van der Waals surface area contributed by atoms with Crippen LogP contribution in [-0.4, -0.2) is 16.2 Å². The fourth-order valence-corrected chi connectivity index (χ4v) is 3.24. The van der Waals surface area contributed by atoms with Gasteiger partial charge in [0.2, 0.25) is 0 Å². The Hall–Kier alpha value is -3.01. The summed E-state index contributed by atoms with van der Waals surface area (Å²) in [5.41, 5.74) is 6.24. The van der Waals surface area contributed by atoms with Gasteiger partial charge >= 0.3 is 5.97 Å². The number of allylic oxidation sites excluding steroid dienone is 4. The highest BCUT2D eigenvalue weighted by Crippen LogP contribution is 2.31. The van der Waals surface area contributed by atoms with Gasteiger partial charge in [0.1, 0.15) is 17.2 Å². The third kappa shape index (κ3) is 7.11. The quantitative estimate of drug-likeness (QED) is 0.328. The average Bonchev–Trinajstić information content (AvgIpc) is 2.64. The van der Waals surface area contributed by atoms with E-state index in [4.69, 9.17) is 4.74 Å². The molecule has 30 heavy (non-hydrogen) atoms. The van der Waals surface area contributed by atoms with Gasteiger partial charge in [-0.25, -0.2) is 0 Å². The van der Waals surface area contributed by atoms with Gasteiger partial charge in [-0.2, -0.15) is 0 Å². The van der Waals surface area contributed by atoms with Crippen molar-refractivity contribution >= 4 is 5.97 Å². The molecule has 0 saturated carbocycles. The van der Waals surface area contributed by atoms with E-state index in [2.05, 4.69) is 12.2 Å². The van der Waals surface area contributed by atoms with Crippen LogP contribution >= 0.6 is 0 Å². The Kier molecular flexibility index (Phi) is 8.28. The van der Waals surface area contributed by atoms with Crippen molar-refractivity contribution in [3.05, 3.63) is 75.9 Å². The van der Waals surface area contributed by atoms with Crippen LogP contribution in [0.2, 0.25) is 0 Å². The highest BCUT2D eigenvalue weighted by Gasteiger charge is 2.14. The van der Waals surface area contributed by atoms with Crippen molar-refractivity contribution in [2.24, 2.45) is 0 Å². The zero-order chi connectivity index (χ0) is 22.3. The van der Waals surface area contributed by atoms with Crippen LogP contribution < -0.4 is 4.74 Å². The van der Waals surface area contributed by atoms with Gasteiger partial charge in [0.15, 0.2) is 0 Å². The smallest absolute Gasteiger partial charge is 0.308 e. The molecule has 0 heterocycles. The number of hydrogen-bond donors (Lipinski definition) is 2. The normalized spacial score (nSPS) is 10.4. The van der Waals surface area contributed by atoms with E-state index < -0.39 is 5.97 Å². The molecular formula is C26H32O4. The maximum Gasteiger partial charge on any atom is 0.308 e. The number of esters is 1. The van der Waals surface area contributed by atoms with Crippen LogP contribution in [0, 0.1) is 0 Å². The Bertz CT molecular complexity index is 959. The van der Waals surface area contributed by atoms with E-state index in [0.717, 1.165) is 28.7 Å². The van der Waals surface area contributed by atoms with Crippen LogP contribution in [0.4, 0.5) is 0 Å². The molecule has 0 aromatic heterocycles. The number of ether oxygens (including phenoxy) is 1. The largest absolute Gasteiger partial charge is 0.508 e. The molecule has 0 aliphatic carbocycles. The van der Waals surface area contributed by atoms with Gasteiger partial charge in [-0.1, -0.05) is 35.4 Å². The van der Waals surface area contributed by atoms with Gasteiger partial charge in [-0.05, 0) is 82.2 Å². The molecule has 2 N–H and O–H groups in total. The van der Waals surface area contributed by atoms with Crippen molar-refractivity contribution in [1.82, 2.24) is 0 Å². The summed E-state index contributed by atoms with van der Waals surface area (Å²) >= 11 is 0. The van der Waals surface area contributed by atoms with Crippen molar-refractivity contribution < 1.29 is 19.7 Å². The van der Waals surface area contributed by atoms with Gasteiger partial charge in [0.25, 0.3) is 0 Å². The second kappa shape index (κ2) is 10.7. The third-order valence-electron chi connectivity index (χ3n) is 4.81. The number of phenolic OH excluding ortho intramolecular Hbond substituents is 2. The molecule has 0 bridgehead atoms. The summed E-state index contributed by atoms with van der Waals surface area (Å²) in [6.07, 6.45) is 6.92. The average molecular weight is 409 g/mol. The monoisotopic (exact) mass is 408 g/mol. The maximum atomic E-state index is 11.5. The van der Waals surface area contributed by atoms with Crippen molar-refractivity contribution in [2.45, 2.75) is 60.3 Å². The molecule has 0 radical (unpaired) electrons. The van der Waals surface area contributed by atoms with Crippen LogP contribution in [0.25, 0.3) is 0 Å². The SMILES string of the molecule is CC(=O)Oc1cc(O)cc(CCc2ccc(O)c(CC=C(C)C)c2)c1CC=C(C)C. The Morgan fingerprint density at radius 1 is 0.867 bits per heavy atom. The minimum absolute atomic E-state index is 0.0807. The Labute approximate surface area is 179 Å². The molecule has 0 saturated heterocycles. The van der Waals surface area contributed by atoms with Crippen LogP contribution in [0.5, 0.6) is 17.2 Å². The van der Waals surface area contributed by atoms with Crippen molar-refractivity contribution in [3.8, 4) is 17.2 Å². The van der Waals surface area contributed by atoms with Gasteiger partial charge in [-0.3, -0.25) is 4.79 Å². The highest BCUT2D eigenvalue weighted by atomic mass is 16.5. The van der Waals surface area contributed by atoms with E-state index >= 15 is 0 Å². The number of carbonyl (C=O) groups is 1. The molecule has 0 amide bonds. The fraction of sp³-hybridized carbons (Fsp3) is 0.346. The first-order chi connectivity index (χ1) is 14.2. The van der Waals surface area contributed by atoms with Crippen LogP contribution in [0.3, 0.4) is 0 Å². The number of carbonyl (C=O) groups excluding carboxylic acids is 1. The first kappa shape index (κ1) is 23.3. The van der Waals surface area contributed by atoms with Gasteiger partial charge in [0, 0.05) is 18.6 Å². The Balaban J connectivity index is 2.32. The van der Waals surface area contributed by atoms with Gasteiger partial charge < -0.3 is 14.9 Å². The molecule has 0 unspecified atom stereocenters. The molecule has 160 valence electrons. The first-order valence-electron chi connectivity index (χ1n) is 10.3. The lowest BCUT2D eigenvalue weighted by atomic mass is 9.95. The van der Waals surface area contributed by atoms with E-state index in [1.165, 1.54) is 24.1 Å². The minimum atomic E-state index is -0.410. The van der Waals surface area contributed by atoms with E-state index in [9.17, 15) is 15.0 Å². The summed E-state index contributed by atoms with van der Waals surface area (Å²) in [6, 6.07) is 8.93. The summed E-state index contributed by atoms with van der Waals surface area (Å²) in [5, 5.41) is 20.3. The molecule has 4 nitrogen and oxygen atoms in total. The maximum absolute atomic E-state index is 11.5. The topological polar surface area (TPSA) is 66.8 Å². The Morgan fingerprint density at radius 2 is 1.53 bits per heavy atom. The summed E-state index contributed by atoms with van der Waals surface area (Å²) in [4.78, 5) is 11.5. The number of aromatic hydroxyl groups is 2. The first-order valence-corrected chi connectivity index (χ1v) is 10.3. The molecular weight excluding hydrogens is 376 g/mol. The molecule has 0 fully saturated rings. The standard InChI is InChI=1S/C26H32O4/c1-17(2)6-10-22-14-20(9-13-25(22)29)8-11-21-15-23(28)16-26(30-19(5)27)24(21)12-7-18(3)4/h6-7,9,13-16,28-29H,8,10-12H2,1-5H3. The van der Waals surface area contributed by atoms with Crippen molar-refractivity contribution in [3.63, 3.8) is 0 Å². The van der Waals surface area contributed by atoms with E-state index in [0.29, 0.717) is 30.8 Å². The predicted octanol–water partition coefficient (Wildman–Crippen LogP) is 5.83. The molecule has 2 aromatic carbocycles. The zero-order valence-electron chi connectivity index (χ0n) is 18.6. The summed E-state index contributed by atoms with van der Waals surface area (Å²) in [5.74, 6) is 0.379. The summed E-state index contributed by atoms with van der Waals surface area (Å²) in [7, 11) is 0. The van der Waals surface area contributed by atoms with E-state index in [1.807, 2.05) is 39.8 Å². The lowest BCUT2D eigenvalue weighted by Crippen LogP contribution is -2.07. The van der Waals surface area contributed by atoms with Crippen LogP contribution in [0.15, 0.2) is 53.6 Å². The number of phenols is 2. The number of benzene rings is 2. The molecule has 4 heteroatoms. The highest BCUT2D eigenvalue weighted by molar-refractivity contribution is 5.70. The summed E-state index contributed by atoms with van der Waals surface area (Å²) in [6.45, 7) is 9.49. The van der Waals surface area contributed by atoms with Crippen LogP contribution in [0.1, 0.15) is 56.9 Å². The van der Waals surface area contributed by atoms with E-state index in [1.54, 1.807) is 12.1 Å². The molecule has 0 aliphatic rings. The fourth-order valence-electron chi connectivity index (χ4n) is 3.24. The summed E-state index contributed by atoms with van der Waals surface area (Å²) < 4.78 is 5.37. The number of rotatable bonds is 8. The van der Waals surface area contributed by atoms with E-state index in [-0.39, 0.29) is 5.75 Å².